The molecule has 0 bridgehead atoms. The topological polar surface area (TPSA) is 59.8 Å². The van der Waals surface area contributed by atoms with Gasteiger partial charge < -0.3 is 18.9 Å². The summed E-state index contributed by atoms with van der Waals surface area (Å²) in [6.07, 6.45) is 3.77. The second-order valence-corrected chi connectivity index (χ2v) is 7.46. The predicted molar refractivity (Wildman–Crippen MR) is 102 cm³/mol. The van der Waals surface area contributed by atoms with Gasteiger partial charge in [-0.05, 0) is 18.6 Å². The van der Waals surface area contributed by atoms with E-state index in [1.165, 1.54) is 0 Å². The molecule has 1 atom stereocenters. The molecule has 3 heterocycles. The molecule has 1 spiro atoms. The summed E-state index contributed by atoms with van der Waals surface area (Å²) in [5.74, 6) is 1.00. The average molecular weight is 370 g/mol. The Labute approximate surface area is 159 Å². The fraction of sp³-hybridized carbons (Fsp3) is 0.500. The van der Waals surface area contributed by atoms with Crippen LogP contribution in [0.4, 0.5) is 5.69 Å². The molecule has 2 aromatic rings. The lowest BCUT2D eigenvalue weighted by molar-refractivity contribution is -0.146. The fourth-order valence-electron chi connectivity index (χ4n) is 3.85. The Balaban J connectivity index is 1.56. The molecule has 2 fully saturated rings. The highest BCUT2D eigenvalue weighted by Gasteiger charge is 2.43. The van der Waals surface area contributed by atoms with Crippen LogP contribution < -0.4 is 4.90 Å². The number of benzene rings is 1. The van der Waals surface area contributed by atoms with Gasteiger partial charge in [-0.15, -0.1) is 0 Å². The van der Waals surface area contributed by atoms with E-state index in [2.05, 4.69) is 9.88 Å². The second-order valence-electron chi connectivity index (χ2n) is 7.46. The van der Waals surface area contributed by atoms with Gasteiger partial charge in [0.15, 0.2) is 0 Å². The lowest BCUT2D eigenvalue weighted by Gasteiger charge is -2.43. The van der Waals surface area contributed by atoms with E-state index in [1.54, 1.807) is 0 Å². The highest BCUT2D eigenvalue weighted by molar-refractivity contribution is 5.95. The molecule has 1 amide bonds. The molecule has 0 saturated carbocycles. The Morgan fingerprint density at radius 3 is 2.89 bits per heavy atom. The van der Waals surface area contributed by atoms with E-state index in [1.807, 2.05) is 60.1 Å². The third-order valence-corrected chi connectivity index (χ3v) is 5.37. The Morgan fingerprint density at radius 2 is 2.11 bits per heavy atom. The zero-order chi connectivity index (χ0) is 18.9. The van der Waals surface area contributed by atoms with Crippen LogP contribution in [-0.2, 0) is 27.9 Å². The van der Waals surface area contributed by atoms with Crippen LogP contribution >= 0.6 is 0 Å². The number of aromatic nitrogens is 2. The Hall–Kier alpha value is -2.22. The highest BCUT2D eigenvalue weighted by Crippen LogP contribution is 2.29. The summed E-state index contributed by atoms with van der Waals surface area (Å²) >= 11 is 0. The maximum Gasteiger partial charge on any atom is 0.253 e. The third kappa shape index (κ3) is 3.76. The maximum absolute atomic E-state index is 12.6. The van der Waals surface area contributed by atoms with Crippen LogP contribution in [0, 0.1) is 6.92 Å². The van der Waals surface area contributed by atoms with Gasteiger partial charge in [0, 0.05) is 38.2 Å². The van der Waals surface area contributed by atoms with E-state index in [0.717, 1.165) is 30.2 Å². The lowest BCUT2D eigenvalue weighted by Crippen LogP contribution is -2.60. The van der Waals surface area contributed by atoms with Crippen LogP contribution in [0.15, 0.2) is 36.7 Å². The molecule has 1 aromatic carbocycles. The van der Waals surface area contributed by atoms with Gasteiger partial charge in [0.1, 0.15) is 18.0 Å². The number of rotatable bonds is 3. The summed E-state index contributed by atoms with van der Waals surface area (Å²) in [4.78, 5) is 21.2. The summed E-state index contributed by atoms with van der Waals surface area (Å²) < 4.78 is 14.0. The van der Waals surface area contributed by atoms with Crippen LogP contribution in [0.1, 0.15) is 11.4 Å². The largest absolute Gasteiger partial charge is 0.377 e. The van der Waals surface area contributed by atoms with Gasteiger partial charge in [0.05, 0.1) is 26.3 Å². The highest BCUT2D eigenvalue weighted by atomic mass is 16.6. The maximum atomic E-state index is 12.6. The number of hydrogen-bond acceptors (Lipinski definition) is 5. The number of para-hydroxylation sites is 1. The Bertz CT molecular complexity index is 821. The molecule has 0 N–H and O–H groups in total. The Kier molecular flexibility index (Phi) is 4.99. The van der Waals surface area contributed by atoms with Gasteiger partial charge in [-0.25, -0.2) is 4.98 Å². The number of anilines is 1. The molecule has 7 heteroatoms. The SMILES string of the molecule is Cc1ccccc1N1CC2(COCCN(Cc3nccn3C)C2)OCC1=O. The first-order chi connectivity index (χ1) is 13.1. The molecule has 7 nitrogen and oxygen atoms in total. The number of carbonyl (C=O) groups excluding carboxylic acids is 1. The molecule has 0 radical (unpaired) electrons. The van der Waals surface area contributed by atoms with Gasteiger partial charge in [0.25, 0.3) is 5.91 Å². The average Bonchev–Trinajstić information content (AvgIpc) is 2.95. The Morgan fingerprint density at radius 1 is 1.26 bits per heavy atom. The predicted octanol–water partition coefficient (Wildman–Crippen LogP) is 1.36. The molecular formula is C20H26N4O3. The first-order valence-electron chi connectivity index (χ1n) is 9.33. The number of ether oxygens (including phenoxy) is 2. The van der Waals surface area contributed by atoms with Gasteiger partial charge in [0.2, 0.25) is 0 Å². The molecule has 2 saturated heterocycles. The molecule has 1 unspecified atom stereocenters. The lowest BCUT2D eigenvalue weighted by atomic mass is 10.00. The standard InChI is InChI=1S/C20H26N4O3/c1-16-5-3-4-6-17(16)24-14-20(27-12-19(24)25)13-23(9-10-26-15-20)11-18-21-7-8-22(18)2/h3-8H,9-15H2,1-2H3. The second kappa shape index (κ2) is 7.42. The normalized spacial score (nSPS) is 24.4. The molecule has 2 aliphatic heterocycles. The van der Waals surface area contributed by atoms with Crippen molar-refractivity contribution in [3.63, 3.8) is 0 Å². The minimum atomic E-state index is -0.530. The number of hydrogen-bond donors (Lipinski definition) is 0. The third-order valence-electron chi connectivity index (χ3n) is 5.37. The van der Waals surface area contributed by atoms with E-state index in [0.29, 0.717) is 26.3 Å². The monoisotopic (exact) mass is 370 g/mol. The van der Waals surface area contributed by atoms with Gasteiger partial charge in [-0.1, -0.05) is 18.2 Å². The zero-order valence-electron chi connectivity index (χ0n) is 15.9. The molecule has 2 aliphatic rings. The fourth-order valence-corrected chi connectivity index (χ4v) is 3.85. The van der Waals surface area contributed by atoms with E-state index in [-0.39, 0.29) is 12.5 Å². The molecule has 1 aromatic heterocycles. The molecule has 0 aliphatic carbocycles. The summed E-state index contributed by atoms with van der Waals surface area (Å²) in [6.45, 7) is 5.99. The smallest absolute Gasteiger partial charge is 0.253 e. The number of amides is 1. The molecule has 27 heavy (non-hydrogen) atoms. The first kappa shape index (κ1) is 18.2. The van der Waals surface area contributed by atoms with Crippen molar-refractivity contribution in [1.29, 1.82) is 0 Å². The number of morpholine rings is 1. The van der Waals surface area contributed by atoms with Crippen molar-refractivity contribution in [3.8, 4) is 0 Å². The van der Waals surface area contributed by atoms with E-state index < -0.39 is 5.60 Å². The number of nitrogens with zero attached hydrogens (tertiary/aromatic N) is 4. The number of imidazole rings is 1. The number of carbonyl (C=O) groups is 1. The summed E-state index contributed by atoms with van der Waals surface area (Å²) in [5, 5.41) is 0. The molecular weight excluding hydrogens is 344 g/mol. The number of aryl methyl sites for hydroxylation is 2. The van der Waals surface area contributed by atoms with Crippen molar-refractivity contribution in [2.45, 2.75) is 19.1 Å². The van der Waals surface area contributed by atoms with Crippen LogP contribution in [0.5, 0.6) is 0 Å². The summed E-state index contributed by atoms with van der Waals surface area (Å²) in [7, 11) is 2.00. The summed E-state index contributed by atoms with van der Waals surface area (Å²) in [6, 6.07) is 7.98. The minimum Gasteiger partial charge on any atom is -0.377 e. The minimum absolute atomic E-state index is 0.00479. The van der Waals surface area contributed by atoms with Crippen LogP contribution in [-0.4, -0.2) is 65.4 Å². The quantitative estimate of drug-likeness (QED) is 0.817. The molecule has 4 rings (SSSR count). The van der Waals surface area contributed by atoms with Crippen molar-refractivity contribution in [1.82, 2.24) is 14.5 Å². The van der Waals surface area contributed by atoms with E-state index in [4.69, 9.17) is 9.47 Å². The van der Waals surface area contributed by atoms with Gasteiger partial charge in [-0.3, -0.25) is 9.69 Å². The van der Waals surface area contributed by atoms with Crippen LogP contribution in [0.2, 0.25) is 0 Å². The zero-order valence-corrected chi connectivity index (χ0v) is 15.9. The molecule has 144 valence electrons. The van der Waals surface area contributed by atoms with Gasteiger partial charge >= 0.3 is 0 Å². The van der Waals surface area contributed by atoms with Crippen molar-refractivity contribution in [2.75, 3.05) is 44.4 Å². The van der Waals surface area contributed by atoms with Crippen molar-refractivity contribution < 1.29 is 14.3 Å². The van der Waals surface area contributed by atoms with Crippen molar-refractivity contribution in [2.24, 2.45) is 7.05 Å². The van der Waals surface area contributed by atoms with Crippen molar-refractivity contribution >= 4 is 11.6 Å². The summed E-state index contributed by atoms with van der Waals surface area (Å²) in [5.41, 5.74) is 1.50. The van der Waals surface area contributed by atoms with E-state index >= 15 is 0 Å². The van der Waals surface area contributed by atoms with Crippen molar-refractivity contribution in [3.05, 3.63) is 48.0 Å². The van der Waals surface area contributed by atoms with Gasteiger partial charge in [-0.2, -0.15) is 0 Å². The van der Waals surface area contributed by atoms with E-state index in [9.17, 15) is 4.79 Å². The van der Waals surface area contributed by atoms with Crippen LogP contribution in [0.25, 0.3) is 0 Å². The first-order valence-corrected chi connectivity index (χ1v) is 9.33. The van der Waals surface area contributed by atoms with Crippen LogP contribution in [0.3, 0.4) is 0 Å².